The number of esters is 1. The summed E-state index contributed by atoms with van der Waals surface area (Å²) in [6.45, 7) is 3.60. The molecule has 6 nitrogen and oxygen atoms in total. The fourth-order valence-electron chi connectivity index (χ4n) is 1.59. The maximum Gasteiger partial charge on any atom is 0.337 e. The zero-order chi connectivity index (χ0) is 16.0. The van der Waals surface area contributed by atoms with E-state index in [1.807, 2.05) is 0 Å². The summed E-state index contributed by atoms with van der Waals surface area (Å²) in [5.74, 6) is -1.74. The maximum absolute atomic E-state index is 12.1. The van der Waals surface area contributed by atoms with Gasteiger partial charge in [0.25, 0.3) is 5.91 Å². The third-order valence-corrected chi connectivity index (χ3v) is 2.94. The quantitative estimate of drug-likeness (QED) is 0.753. The van der Waals surface area contributed by atoms with Crippen molar-refractivity contribution < 1.29 is 19.1 Å². The van der Waals surface area contributed by atoms with Gasteiger partial charge >= 0.3 is 5.97 Å². The molecule has 0 heterocycles. The summed E-state index contributed by atoms with van der Waals surface area (Å²) in [7, 11) is 1.25. The summed E-state index contributed by atoms with van der Waals surface area (Å²) in [5.41, 5.74) is 5.69. The lowest BCUT2D eigenvalue weighted by Gasteiger charge is -2.15. The number of amides is 2. The molecule has 0 radical (unpaired) electrons. The van der Waals surface area contributed by atoms with Crippen molar-refractivity contribution in [1.29, 1.82) is 0 Å². The number of primary amides is 1. The van der Waals surface area contributed by atoms with Crippen LogP contribution in [0.15, 0.2) is 35.3 Å². The number of benzene rings is 1. The van der Waals surface area contributed by atoms with Crippen LogP contribution < -0.4 is 11.1 Å². The van der Waals surface area contributed by atoms with Gasteiger partial charge < -0.3 is 15.8 Å². The summed E-state index contributed by atoms with van der Waals surface area (Å²) >= 11 is 3.11. The summed E-state index contributed by atoms with van der Waals surface area (Å²) in [5, 5.41) is 2.49. The number of halogens is 1. The van der Waals surface area contributed by atoms with E-state index in [0.717, 1.165) is 0 Å². The molecule has 3 N–H and O–H groups in total. The zero-order valence-corrected chi connectivity index (χ0v) is 13.0. The van der Waals surface area contributed by atoms with Crippen molar-refractivity contribution in [2.45, 2.75) is 12.5 Å². The van der Waals surface area contributed by atoms with Gasteiger partial charge in [0.2, 0.25) is 5.91 Å². The van der Waals surface area contributed by atoms with Gasteiger partial charge in [0.15, 0.2) is 0 Å². The van der Waals surface area contributed by atoms with Gasteiger partial charge in [-0.2, -0.15) is 0 Å². The van der Waals surface area contributed by atoms with Crippen LogP contribution in [0.2, 0.25) is 0 Å². The molecule has 0 aromatic heterocycles. The van der Waals surface area contributed by atoms with Crippen LogP contribution in [0, 0.1) is 0 Å². The molecule has 0 unspecified atom stereocenters. The molecule has 0 fully saturated rings. The second-order valence-corrected chi connectivity index (χ2v) is 5.34. The fraction of sp³-hybridized carbons (Fsp3) is 0.214. The molecule has 0 aliphatic carbocycles. The molecule has 0 aliphatic heterocycles. The first-order valence-electron chi connectivity index (χ1n) is 5.97. The third-order valence-electron chi connectivity index (χ3n) is 2.62. The van der Waals surface area contributed by atoms with Crippen molar-refractivity contribution >= 4 is 33.7 Å². The molecule has 2 amide bonds. The number of hydrogen-bond acceptors (Lipinski definition) is 4. The summed E-state index contributed by atoms with van der Waals surface area (Å²) in [6.07, 6.45) is 0.178. The van der Waals surface area contributed by atoms with E-state index in [9.17, 15) is 14.4 Å². The average Bonchev–Trinajstić information content (AvgIpc) is 2.45. The highest BCUT2D eigenvalue weighted by Gasteiger charge is 2.20. The topological polar surface area (TPSA) is 98.5 Å². The number of hydrogen-bond donors (Lipinski definition) is 2. The van der Waals surface area contributed by atoms with Gasteiger partial charge in [-0.3, -0.25) is 9.59 Å². The predicted molar refractivity (Wildman–Crippen MR) is 80.9 cm³/mol. The number of ether oxygens (including phenoxy) is 1. The highest BCUT2D eigenvalue weighted by molar-refractivity contribution is 9.11. The lowest BCUT2D eigenvalue weighted by Crippen LogP contribution is -2.44. The van der Waals surface area contributed by atoms with Crippen LogP contribution in [0.4, 0.5) is 0 Å². The molecule has 21 heavy (non-hydrogen) atoms. The Bertz CT molecular complexity index is 586. The second kappa shape index (κ2) is 7.58. The number of rotatable bonds is 6. The van der Waals surface area contributed by atoms with Crippen molar-refractivity contribution in [1.82, 2.24) is 5.32 Å². The average molecular weight is 355 g/mol. The third kappa shape index (κ3) is 5.03. The standard InChI is InChI=1S/C14H15BrN2O4/c1-8(15)6-11(12(16)18)17-13(19)9-4-3-5-10(7-9)14(20)21-2/h3-5,7,11H,1,6H2,2H3,(H2,16,18)(H,17,19)/t11-/m0/s1. The molecule has 1 aromatic rings. The minimum absolute atomic E-state index is 0.178. The molecule has 7 heteroatoms. The molecule has 0 bridgehead atoms. The van der Waals surface area contributed by atoms with Crippen molar-refractivity contribution in [3.8, 4) is 0 Å². The van der Waals surface area contributed by atoms with E-state index in [1.54, 1.807) is 6.07 Å². The van der Waals surface area contributed by atoms with Gasteiger partial charge in [0, 0.05) is 12.0 Å². The summed E-state index contributed by atoms with van der Waals surface area (Å²) in [4.78, 5) is 34.8. The van der Waals surface area contributed by atoms with Crippen LogP contribution in [0.3, 0.4) is 0 Å². The zero-order valence-electron chi connectivity index (χ0n) is 11.4. The van der Waals surface area contributed by atoms with E-state index in [1.165, 1.54) is 25.3 Å². The highest BCUT2D eigenvalue weighted by atomic mass is 79.9. The Balaban J connectivity index is 2.90. The van der Waals surface area contributed by atoms with Crippen molar-refractivity contribution in [3.63, 3.8) is 0 Å². The van der Waals surface area contributed by atoms with Crippen LogP contribution in [0.1, 0.15) is 27.1 Å². The SMILES string of the molecule is C=C(Br)C[C@H](NC(=O)c1cccc(C(=O)OC)c1)C(N)=O. The van der Waals surface area contributed by atoms with E-state index in [4.69, 9.17) is 5.73 Å². The van der Waals surface area contributed by atoms with E-state index < -0.39 is 23.8 Å². The fourth-order valence-corrected chi connectivity index (χ4v) is 1.91. The molecule has 1 aromatic carbocycles. The van der Waals surface area contributed by atoms with Crippen LogP contribution >= 0.6 is 15.9 Å². The molecular weight excluding hydrogens is 340 g/mol. The lowest BCUT2D eigenvalue weighted by atomic mass is 10.1. The van der Waals surface area contributed by atoms with Crippen LogP contribution in [-0.2, 0) is 9.53 Å². The second-order valence-electron chi connectivity index (χ2n) is 4.22. The highest BCUT2D eigenvalue weighted by Crippen LogP contribution is 2.11. The van der Waals surface area contributed by atoms with Gasteiger partial charge in [-0.25, -0.2) is 4.79 Å². The molecular formula is C14H15BrN2O4. The van der Waals surface area contributed by atoms with E-state index in [2.05, 4.69) is 32.6 Å². The van der Waals surface area contributed by atoms with E-state index in [-0.39, 0.29) is 17.5 Å². The number of methoxy groups -OCH3 is 1. The van der Waals surface area contributed by atoms with E-state index in [0.29, 0.717) is 4.48 Å². The first-order valence-corrected chi connectivity index (χ1v) is 6.76. The summed E-state index contributed by atoms with van der Waals surface area (Å²) in [6, 6.07) is 5.08. The van der Waals surface area contributed by atoms with E-state index >= 15 is 0 Å². The van der Waals surface area contributed by atoms with Crippen LogP contribution in [0.5, 0.6) is 0 Å². The van der Waals surface area contributed by atoms with Crippen molar-refractivity contribution in [2.24, 2.45) is 5.73 Å². The largest absolute Gasteiger partial charge is 0.465 e. The smallest absolute Gasteiger partial charge is 0.337 e. The Hall–Kier alpha value is -2.15. The lowest BCUT2D eigenvalue weighted by molar-refractivity contribution is -0.119. The van der Waals surface area contributed by atoms with Gasteiger partial charge in [-0.15, -0.1) is 0 Å². The Morgan fingerprint density at radius 2 is 2.00 bits per heavy atom. The van der Waals surface area contributed by atoms with Crippen molar-refractivity contribution in [2.75, 3.05) is 7.11 Å². The number of carbonyl (C=O) groups is 3. The maximum atomic E-state index is 12.1. The van der Waals surface area contributed by atoms with Crippen LogP contribution in [-0.4, -0.2) is 30.9 Å². The number of nitrogens with two attached hydrogens (primary N) is 1. The molecule has 0 spiro atoms. The summed E-state index contributed by atoms with van der Waals surface area (Å²) < 4.78 is 5.12. The monoisotopic (exact) mass is 354 g/mol. The van der Waals surface area contributed by atoms with Crippen molar-refractivity contribution in [3.05, 3.63) is 46.5 Å². The number of carbonyl (C=O) groups excluding carboxylic acids is 3. The first kappa shape index (κ1) is 16.9. The molecule has 112 valence electrons. The Morgan fingerprint density at radius 3 is 2.52 bits per heavy atom. The van der Waals surface area contributed by atoms with Gasteiger partial charge in [-0.1, -0.05) is 28.6 Å². The minimum Gasteiger partial charge on any atom is -0.465 e. The van der Waals surface area contributed by atoms with Gasteiger partial charge in [0.05, 0.1) is 12.7 Å². The molecule has 0 aliphatic rings. The minimum atomic E-state index is -0.883. The normalized spacial score (nSPS) is 11.3. The van der Waals surface area contributed by atoms with Crippen LogP contribution in [0.25, 0.3) is 0 Å². The molecule has 1 atom stereocenters. The van der Waals surface area contributed by atoms with Gasteiger partial charge in [-0.05, 0) is 22.7 Å². The first-order chi connectivity index (χ1) is 9.85. The Morgan fingerprint density at radius 1 is 1.38 bits per heavy atom. The molecule has 0 saturated heterocycles. The molecule has 0 saturated carbocycles. The van der Waals surface area contributed by atoms with Gasteiger partial charge in [0.1, 0.15) is 6.04 Å². The Kier molecular flexibility index (Phi) is 6.10. The number of nitrogens with one attached hydrogen (secondary N) is 1. The molecule has 1 rings (SSSR count). The predicted octanol–water partition coefficient (Wildman–Crippen LogP) is 1.36. The Labute approximate surface area is 130 Å².